The molecule has 0 aromatic heterocycles. The van der Waals surface area contributed by atoms with Crippen LogP contribution < -0.4 is 0 Å². The van der Waals surface area contributed by atoms with Crippen LogP contribution in [0.5, 0.6) is 0 Å². The minimum Gasteiger partial charge on any atom is -0.481 e. The van der Waals surface area contributed by atoms with Crippen molar-refractivity contribution in [2.24, 2.45) is 0 Å². The summed E-state index contributed by atoms with van der Waals surface area (Å²) in [5.41, 5.74) is 0.805. The third-order valence-corrected chi connectivity index (χ3v) is 2.23. The number of rotatable bonds is 3. The van der Waals surface area contributed by atoms with E-state index < -0.39 is 11.9 Å². The molecule has 1 N–H and O–H groups in total. The predicted octanol–water partition coefficient (Wildman–Crippen LogP) is 2.92. The van der Waals surface area contributed by atoms with Crippen molar-refractivity contribution in [2.45, 2.75) is 19.3 Å². The normalized spacial score (nSPS) is 12.5. The van der Waals surface area contributed by atoms with Gasteiger partial charge in [-0.25, -0.2) is 0 Å². The molecule has 1 atom stereocenters. The smallest absolute Gasteiger partial charge is 0.310 e. The average molecular weight is 199 g/mol. The van der Waals surface area contributed by atoms with E-state index in [0.29, 0.717) is 11.4 Å². The maximum atomic E-state index is 10.8. The minimum absolute atomic E-state index is 0.419. The van der Waals surface area contributed by atoms with Gasteiger partial charge >= 0.3 is 5.97 Å². The minimum atomic E-state index is -0.787. The number of aliphatic carboxylic acids is 1. The number of carboxylic acid groups (broad SMARTS) is 1. The summed E-state index contributed by atoms with van der Waals surface area (Å²) < 4.78 is 0. The maximum Gasteiger partial charge on any atom is 0.310 e. The summed E-state index contributed by atoms with van der Waals surface area (Å²) in [4.78, 5) is 10.8. The molecule has 0 saturated heterocycles. The molecule has 0 amide bonds. The van der Waals surface area contributed by atoms with Crippen LogP contribution in [0.15, 0.2) is 24.3 Å². The largest absolute Gasteiger partial charge is 0.481 e. The summed E-state index contributed by atoms with van der Waals surface area (Å²) >= 11 is 5.69. The van der Waals surface area contributed by atoms with Gasteiger partial charge in [-0.15, -0.1) is 0 Å². The van der Waals surface area contributed by atoms with E-state index in [9.17, 15) is 4.79 Å². The molecule has 13 heavy (non-hydrogen) atoms. The Kier molecular flexibility index (Phi) is 3.32. The van der Waals surface area contributed by atoms with Crippen LogP contribution in [-0.4, -0.2) is 11.1 Å². The molecule has 0 aliphatic heterocycles. The first-order valence-corrected chi connectivity index (χ1v) is 4.51. The molecule has 0 spiro atoms. The lowest BCUT2D eigenvalue weighted by molar-refractivity contribution is -0.138. The number of hydrogen-bond donors (Lipinski definition) is 1. The second-order valence-electron chi connectivity index (χ2n) is 2.85. The Morgan fingerprint density at radius 2 is 2.00 bits per heavy atom. The van der Waals surface area contributed by atoms with Crippen LogP contribution in [0.2, 0.25) is 5.02 Å². The quantitative estimate of drug-likeness (QED) is 0.811. The Balaban J connectivity index is 2.92. The molecule has 70 valence electrons. The number of halogens is 1. The number of hydrogen-bond acceptors (Lipinski definition) is 1. The summed E-state index contributed by atoms with van der Waals surface area (Å²) in [7, 11) is 0. The van der Waals surface area contributed by atoms with Crippen molar-refractivity contribution >= 4 is 17.6 Å². The Hall–Kier alpha value is -1.02. The van der Waals surface area contributed by atoms with E-state index in [0.717, 1.165) is 5.56 Å². The molecule has 0 heterocycles. The monoisotopic (exact) mass is 198 g/mol. The van der Waals surface area contributed by atoms with Crippen molar-refractivity contribution in [1.82, 2.24) is 0 Å². The molecule has 1 rings (SSSR count). The molecular weight excluding hydrogens is 188 g/mol. The zero-order valence-corrected chi connectivity index (χ0v) is 8.08. The van der Waals surface area contributed by atoms with Gasteiger partial charge in [0.2, 0.25) is 0 Å². The van der Waals surface area contributed by atoms with E-state index in [1.54, 1.807) is 24.3 Å². The Morgan fingerprint density at radius 3 is 2.38 bits per heavy atom. The summed E-state index contributed by atoms with van der Waals surface area (Å²) in [6.07, 6.45) is 0.594. The summed E-state index contributed by atoms with van der Waals surface area (Å²) in [6, 6.07) is 6.93. The van der Waals surface area contributed by atoms with E-state index in [2.05, 4.69) is 0 Å². The lowest BCUT2D eigenvalue weighted by Crippen LogP contribution is -2.09. The van der Waals surface area contributed by atoms with Crippen LogP contribution in [0.4, 0.5) is 0 Å². The molecule has 2 nitrogen and oxygen atoms in total. The highest BCUT2D eigenvalue weighted by Gasteiger charge is 2.16. The van der Waals surface area contributed by atoms with Crippen molar-refractivity contribution in [1.29, 1.82) is 0 Å². The SMILES string of the molecule is CC[C@@H](C(=O)O)c1ccc(Cl)cc1. The van der Waals surface area contributed by atoms with E-state index in [-0.39, 0.29) is 0 Å². The highest BCUT2D eigenvalue weighted by molar-refractivity contribution is 6.30. The van der Waals surface area contributed by atoms with Crippen molar-refractivity contribution in [2.75, 3.05) is 0 Å². The fraction of sp³-hybridized carbons (Fsp3) is 0.300. The van der Waals surface area contributed by atoms with Gasteiger partial charge in [0.25, 0.3) is 0 Å². The number of benzene rings is 1. The van der Waals surface area contributed by atoms with Gasteiger partial charge in [-0.2, -0.15) is 0 Å². The fourth-order valence-electron chi connectivity index (χ4n) is 1.25. The lowest BCUT2D eigenvalue weighted by atomic mass is 9.97. The van der Waals surface area contributed by atoms with Gasteiger partial charge < -0.3 is 5.11 Å². The van der Waals surface area contributed by atoms with Crippen LogP contribution in [0.3, 0.4) is 0 Å². The van der Waals surface area contributed by atoms with Crippen molar-refractivity contribution < 1.29 is 9.90 Å². The van der Waals surface area contributed by atoms with Crippen LogP contribution in [-0.2, 0) is 4.79 Å². The molecule has 1 aromatic rings. The maximum absolute atomic E-state index is 10.8. The molecule has 0 unspecified atom stereocenters. The van der Waals surface area contributed by atoms with E-state index >= 15 is 0 Å². The van der Waals surface area contributed by atoms with Gasteiger partial charge in [0.15, 0.2) is 0 Å². The molecule has 0 aliphatic carbocycles. The molecule has 0 fully saturated rings. The van der Waals surface area contributed by atoms with Gasteiger partial charge in [0, 0.05) is 5.02 Å². The Morgan fingerprint density at radius 1 is 1.46 bits per heavy atom. The Labute approximate surface area is 82.2 Å². The topological polar surface area (TPSA) is 37.3 Å². The van der Waals surface area contributed by atoms with E-state index in [4.69, 9.17) is 16.7 Å². The first kappa shape index (κ1) is 10.1. The third kappa shape index (κ3) is 2.46. The second kappa shape index (κ2) is 4.28. The van der Waals surface area contributed by atoms with Crippen molar-refractivity contribution in [3.05, 3.63) is 34.9 Å². The van der Waals surface area contributed by atoms with Crippen LogP contribution >= 0.6 is 11.6 Å². The predicted molar refractivity (Wildman–Crippen MR) is 52.1 cm³/mol. The van der Waals surface area contributed by atoms with Gasteiger partial charge in [0.1, 0.15) is 0 Å². The first-order chi connectivity index (χ1) is 6.15. The number of carbonyl (C=O) groups is 1. The van der Waals surface area contributed by atoms with Crippen LogP contribution in [0.25, 0.3) is 0 Å². The Bertz CT molecular complexity index is 292. The van der Waals surface area contributed by atoms with Crippen molar-refractivity contribution in [3.63, 3.8) is 0 Å². The molecular formula is C10H11ClO2. The zero-order chi connectivity index (χ0) is 9.84. The molecule has 0 aliphatic rings. The second-order valence-corrected chi connectivity index (χ2v) is 3.29. The van der Waals surface area contributed by atoms with Gasteiger partial charge in [0.05, 0.1) is 5.92 Å². The highest BCUT2D eigenvalue weighted by Crippen LogP contribution is 2.21. The molecule has 0 saturated carbocycles. The fourth-order valence-corrected chi connectivity index (χ4v) is 1.37. The molecule has 1 aromatic carbocycles. The van der Waals surface area contributed by atoms with E-state index in [1.807, 2.05) is 6.92 Å². The van der Waals surface area contributed by atoms with Gasteiger partial charge in [-0.3, -0.25) is 4.79 Å². The molecule has 0 radical (unpaired) electrons. The first-order valence-electron chi connectivity index (χ1n) is 4.13. The van der Waals surface area contributed by atoms with E-state index in [1.165, 1.54) is 0 Å². The average Bonchev–Trinajstić information content (AvgIpc) is 2.09. The van der Waals surface area contributed by atoms with Crippen molar-refractivity contribution in [3.8, 4) is 0 Å². The highest BCUT2D eigenvalue weighted by atomic mass is 35.5. The van der Waals surface area contributed by atoms with Crippen LogP contribution in [0, 0.1) is 0 Å². The molecule has 3 heteroatoms. The summed E-state index contributed by atoms with van der Waals surface area (Å²) in [6.45, 7) is 1.85. The van der Waals surface area contributed by atoms with Gasteiger partial charge in [-0.1, -0.05) is 30.7 Å². The lowest BCUT2D eigenvalue weighted by Gasteiger charge is -2.09. The number of carboxylic acids is 1. The van der Waals surface area contributed by atoms with Gasteiger partial charge in [-0.05, 0) is 24.1 Å². The summed E-state index contributed by atoms with van der Waals surface area (Å²) in [5.74, 6) is -1.21. The summed E-state index contributed by atoms with van der Waals surface area (Å²) in [5, 5.41) is 9.49. The zero-order valence-electron chi connectivity index (χ0n) is 7.33. The third-order valence-electron chi connectivity index (χ3n) is 1.98. The van der Waals surface area contributed by atoms with Crippen LogP contribution in [0.1, 0.15) is 24.8 Å². The molecule has 0 bridgehead atoms. The standard InChI is InChI=1S/C10H11ClO2/c1-2-9(10(12)13)7-3-5-8(11)6-4-7/h3-6,9H,2H2,1H3,(H,12,13)/t9-/m1/s1.